The summed E-state index contributed by atoms with van der Waals surface area (Å²) in [6.45, 7) is 4.38. The van der Waals surface area contributed by atoms with Crippen molar-refractivity contribution in [3.05, 3.63) is 66.0 Å². The van der Waals surface area contributed by atoms with Crippen LogP contribution in [0.4, 0.5) is 14.6 Å². The maximum absolute atomic E-state index is 16.7. The molecule has 46 heavy (non-hydrogen) atoms. The largest absolute Gasteiger partial charge is 0.461 e. The number of aromatic nitrogens is 3. The average molecular weight is 628 g/mol. The van der Waals surface area contributed by atoms with Crippen molar-refractivity contribution < 1.29 is 18.3 Å². The number of benzene rings is 2. The molecule has 0 bridgehead atoms. The summed E-state index contributed by atoms with van der Waals surface area (Å²) in [7, 11) is 3.47. The summed E-state index contributed by atoms with van der Waals surface area (Å²) in [6.07, 6.45) is 8.93. The Hall–Kier alpha value is -4.38. The standard InChI is InChI=1S/C35H39F2N7O2/c1-42(2)28(45)13-12-24-21-43(17-7-16-38-24)33-26-20-39-31(25-10-3-8-23-9-4-11-27(36)29(23)25)30(37)32(26)40-34(41-33)46-22-35-14-5-18-44(35)19-6-15-35/h3-4,8-12,20,38H,5-7,13-19,21-22H2,1-2H3/b24-12-. The van der Waals surface area contributed by atoms with E-state index in [1.165, 1.54) is 6.07 Å². The highest BCUT2D eigenvalue weighted by atomic mass is 19.1. The van der Waals surface area contributed by atoms with Crippen molar-refractivity contribution in [3.8, 4) is 17.3 Å². The second kappa shape index (κ2) is 12.4. The molecule has 2 aromatic carbocycles. The number of nitrogens with one attached hydrogen (secondary N) is 1. The fraction of sp³-hybridized carbons (Fsp3) is 0.429. The van der Waals surface area contributed by atoms with Gasteiger partial charge in [-0.1, -0.05) is 36.4 Å². The summed E-state index contributed by atoms with van der Waals surface area (Å²) < 4.78 is 38.2. The molecule has 240 valence electrons. The number of rotatable bonds is 7. The highest BCUT2D eigenvalue weighted by molar-refractivity contribution is 5.99. The third-order valence-corrected chi connectivity index (χ3v) is 9.67. The number of pyridine rings is 1. The van der Waals surface area contributed by atoms with E-state index in [9.17, 15) is 4.79 Å². The van der Waals surface area contributed by atoms with Gasteiger partial charge in [0.2, 0.25) is 5.91 Å². The predicted octanol–water partition coefficient (Wildman–Crippen LogP) is 5.29. The molecule has 1 amide bonds. The van der Waals surface area contributed by atoms with E-state index in [0.29, 0.717) is 47.2 Å². The van der Waals surface area contributed by atoms with Gasteiger partial charge in [0.25, 0.3) is 0 Å². The number of halogens is 2. The molecule has 1 N–H and O–H groups in total. The van der Waals surface area contributed by atoms with Gasteiger partial charge in [0.05, 0.1) is 17.5 Å². The van der Waals surface area contributed by atoms with Crippen LogP contribution < -0.4 is 15.0 Å². The normalized spacial score (nSPS) is 19.0. The second-order valence-corrected chi connectivity index (χ2v) is 12.8. The first-order valence-corrected chi connectivity index (χ1v) is 16.1. The Labute approximate surface area is 267 Å². The molecule has 0 spiro atoms. The molecule has 0 unspecified atom stereocenters. The number of ether oxygens (including phenoxy) is 1. The number of hydrogen-bond donors (Lipinski definition) is 1. The SMILES string of the molecule is CN(C)C(=O)C/C=C1/CN(c2nc(OCC34CCCN3CCC4)nc3c(F)c(-c4cccc5cccc(F)c45)ncc23)CCCN1. The zero-order valence-electron chi connectivity index (χ0n) is 26.4. The Morgan fingerprint density at radius 1 is 1.07 bits per heavy atom. The van der Waals surface area contributed by atoms with E-state index < -0.39 is 11.6 Å². The lowest BCUT2D eigenvalue weighted by Gasteiger charge is -2.31. The van der Waals surface area contributed by atoms with Crippen LogP contribution in [0.5, 0.6) is 6.01 Å². The lowest BCUT2D eigenvalue weighted by Crippen LogP contribution is -2.43. The first-order chi connectivity index (χ1) is 22.3. The predicted molar refractivity (Wildman–Crippen MR) is 175 cm³/mol. The van der Waals surface area contributed by atoms with Gasteiger partial charge in [0.1, 0.15) is 29.5 Å². The van der Waals surface area contributed by atoms with Crippen molar-refractivity contribution in [2.75, 3.05) is 58.3 Å². The summed E-state index contributed by atoms with van der Waals surface area (Å²) in [4.78, 5) is 32.5. The van der Waals surface area contributed by atoms with Crippen LogP contribution in [-0.2, 0) is 4.79 Å². The summed E-state index contributed by atoms with van der Waals surface area (Å²) >= 11 is 0. The van der Waals surface area contributed by atoms with E-state index in [2.05, 4.69) is 25.1 Å². The van der Waals surface area contributed by atoms with Crippen molar-refractivity contribution >= 4 is 33.4 Å². The lowest BCUT2D eigenvalue weighted by molar-refractivity contribution is -0.127. The molecular formula is C35H39F2N7O2. The monoisotopic (exact) mass is 627 g/mol. The number of nitrogens with zero attached hydrogens (tertiary/aromatic N) is 6. The van der Waals surface area contributed by atoms with Crippen molar-refractivity contribution in [2.45, 2.75) is 44.1 Å². The molecule has 0 atom stereocenters. The van der Waals surface area contributed by atoms with Crippen molar-refractivity contribution in [2.24, 2.45) is 0 Å². The molecule has 9 nitrogen and oxygen atoms in total. The average Bonchev–Trinajstić information content (AvgIpc) is 3.55. The van der Waals surface area contributed by atoms with Crippen LogP contribution in [-0.4, -0.2) is 89.6 Å². The molecular weight excluding hydrogens is 588 g/mol. The molecule has 0 aliphatic carbocycles. The van der Waals surface area contributed by atoms with Gasteiger partial charge in [-0.25, -0.2) is 8.78 Å². The van der Waals surface area contributed by atoms with Gasteiger partial charge in [-0.2, -0.15) is 9.97 Å². The van der Waals surface area contributed by atoms with E-state index in [4.69, 9.17) is 9.72 Å². The number of carbonyl (C=O) groups excluding carboxylic acids is 1. The third kappa shape index (κ3) is 5.61. The molecule has 3 fully saturated rings. The van der Waals surface area contributed by atoms with Crippen LogP contribution in [0, 0.1) is 11.6 Å². The molecule has 5 heterocycles. The van der Waals surface area contributed by atoms with Gasteiger partial charge in [0.15, 0.2) is 5.82 Å². The molecule has 3 aliphatic heterocycles. The van der Waals surface area contributed by atoms with Crippen LogP contribution in [0.25, 0.3) is 32.9 Å². The fourth-order valence-corrected chi connectivity index (χ4v) is 7.24. The second-order valence-electron chi connectivity index (χ2n) is 12.8. The minimum atomic E-state index is -0.649. The van der Waals surface area contributed by atoms with E-state index in [1.54, 1.807) is 55.5 Å². The highest BCUT2D eigenvalue weighted by Gasteiger charge is 2.45. The maximum atomic E-state index is 16.7. The molecule has 7 rings (SSSR count). The van der Waals surface area contributed by atoms with Crippen LogP contribution in [0.3, 0.4) is 0 Å². The molecule has 4 aromatic rings. The highest BCUT2D eigenvalue weighted by Crippen LogP contribution is 2.40. The van der Waals surface area contributed by atoms with E-state index in [0.717, 1.165) is 57.4 Å². The summed E-state index contributed by atoms with van der Waals surface area (Å²) in [5.74, 6) is -0.571. The van der Waals surface area contributed by atoms with Gasteiger partial charge in [0, 0.05) is 56.4 Å². The van der Waals surface area contributed by atoms with Crippen molar-refractivity contribution in [1.82, 2.24) is 30.1 Å². The minimum Gasteiger partial charge on any atom is -0.461 e. The zero-order chi connectivity index (χ0) is 31.8. The fourth-order valence-electron chi connectivity index (χ4n) is 7.24. The van der Waals surface area contributed by atoms with Crippen LogP contribution in [0.2, 0.25) is 0 Å². The van der Waals surface area contributed by atoms with Crippen molar-refractivity contribution in [3.63, 3.8) is 0 Å². The van der Waals surface area contributed by atoms with Gasteiger partial charge in [-0.3, -0.25) is 14.7 Å². The first kappa shape index (κ1) is 30.3. The van der Waals surface area contributed by atoms with Gasteiger partial charge >= 0.3 is 6.01 Å². The molecule has 2 aromatic heterocycles. The molecule has 0 saturated carbocycles. The van der Waals surface area contributed by atoms with Gasteiger partial charge in [-0.15, -0.1) is 0 Å². The van der Waals surface area contributed by atoms with Crippen LogP contribution in [0.15, 0.2) is 54.4 Å². The number of fused-ring (bicyclic) bond motifs is 3. The quantitative estimate of drug-likeness (QED) is 0.296. The van der Waals surface area contributed by atoms with E-state index >= 15 is 8.78 Å². The van der Waals surface area contributed by atoms with E-state index in [-0.39, 0.29) is 35.1 Å². The summed E-state index contributed by atoms with van der Waals surface area (Å²) in [6, 6.07) is 10.2. The van der Waals surface area contributed by atoms with Gasteiger partial charge in [-0.05, 0) is 56.6 Å². The van der Waals surface area contributed by atoms with Crippen LogP contribution >= 0.6 is 0 Å². The Bertz CT molecular complexity index is 1810. The molecule has 3 aliphatic rings. The number of amides is 1. The molecule has 0 radical (unpaired) electrons. The Morgan fingerprint density at radius 2 is 1.85 bits per heavy atom. The Morgan fingerprint density at radius 3 is 2.63 bits per heavy atom. The Kier molecular flexibility index (Phi) is 8.18. The minimum absolute atomic E-state index is 0.00388. The molecule has 3 saturated heterocycles. The summed E-state index contributed by atoms with van der Waals surface area (Å²) in [5.41, 5.74) is 1.32. The number of carbonyl (C=O) groups is 1. The Balaban J connectivity index is 1.32. The maximum Gasteiger partial charge on any atom is 0.319 e. The van der Waals surface area contributed by atoms with Gasteiger partial charge < -0.3 is 19.9 Å². The zero-order valence-corrected chi connectivity index (χ0v) is 26.4. The smallest absolute Gasteiger partial charge is 0.319 e. The first-order valence-electron chi connectivity index (χ1n) is 16.1. The number of hydrogen-bond acceptors (Lipinski definition) is 8. The van der Waals surface area contributed by atoms with E-state index in [1.807, 2.05) is 6.08 Å². The summed E-state index contributed by atoms with van der Waals surface area (Å²) in [5, 5.41) is 4.85. The lowest BCUT2D eigenvalue weighted by atomic mass is 9.95. The van der Waals surface area contributed by atoms with Crippen LogP contribution in [0.1, 0.15) is 38.5 Å². The van der Waals surface area contributed by atoms with Crippen molar-refractivity contribution in [1.29, 1.82) is 0 Å². The number of anilines is 1. The molecule has 11 heteroatoms. The topological polar surface area (TPSA) is 86.7 Å². The third-order valence-electron chi connectivity index (χ3n) is 9.67.